The lowest BCUT2D eigenvalue weighted by atomic mass is 10.1. The molecule has 0 bridgehead atoms. The third-order valence-corrected chi connectivity index (χ3v) is 6.43. The van der Waals surface area contributed by atoms with E-state index in [1.165, 1.54) is 31.2 Å². The fourth-order valence-corrected chi connectivity index (χ4v) is 4.32. The van der Waals surface area contributed by atoms with Crippen molar-refractivity contribution in [2.24, 2.45) is 0 Å². The molecule has 1 fully saturated rings. The van der Waals surface area contributed by atoms with Crippen LogP contribution in [0.3, 0.4) is 0 Å². The summed E-state index contributed by atoms with van der Waals surface area (Å²) in [4.78, 5) is 66.0. The highest BCUT2D eigenvalue weighted by Crippen LogP contribution is 2.34. The van der Waals surface area contributed by atoms with Crippen LogP contribution in [0.25, 0.3) is 0 Å². The second-order valence-electron chi connectivity index (χ2n) is 9.29. The third-order valence-electron chi connectivity index (χ3n) is 6.43. The summed E-state index contributed by atoms with van der Waals surface area (Å²) in [5.74, 6) is -2.25. The van der Waals surface area contributed by atoms with Crippen molar-refractivity contribution in [1.82, 2.24) is 14.8 Å². The lowest BCUT2D eigenvalue weighted by Crippen LogP contribution is -2.44. The molecule has 5 rings (SSSR count). The first-order valence-corrected chi connectivity index (χ1v) is 12.9. The highest BCUT2D eigenvalue weighted by molar-refractivity contribution is 5.91. The molecule has 42 heavy (non-hydrogen) atoms. The number of benzene rings is 3. The van der Waals surface area contributed by atoms with E-state index in [9.17, 15) is 24.0 Å². The Bertz CT molecular complexity index is 1690. The summed E-state index contributed by atoms with van der Waals surface area (Å²) in [6.45, 7) is 0.939. The fraction of sp³-hybridized carbons (Fsp3) is 0.200. The molecule has 4 aromatic rings. The SMILES string of the molecule is Cc1nn([C@@H]2O[C@H](COC(=O)c3ccccc3)[C@H](OC(=O)c3ccccc3)[C@H]2OC(=O)c2ccccc2)c(=O)[nH]c1=O. The summed E-state index contributed by atoms with van der Waals surface area (Å²) >= 11 is 0. The Kier molecular flexibility index (Phi) is 8.34. The minimum absolute atomic E-state index is 0.0666. The van der Waals surface area contributed by atoms with E-state index in [2.05, 4.69) is 10.1 Å². The van der Waals surface area contributed by atoms with Gasteiger partial charge in [0.25, 0.3) is 5.56 Å². The average Bonchev–Trinajstić information content (AvgIpc) is 3.34. The maximum absolute atomic E-state index is 13.2. The van der Waals surface area contributed by atoms with Gasteiger partial charge in [0.05, 0.1) is 16.7 Å². The minimum atomic E-state index is -1.46. The van der Waals surface area contributed by atoms with Gasteiger partial charge in [-0.2, -0.15) is 9.78 Å². The second kappa shape index (κ2) is 12.4. The van der Waals surface area contributed by atoms with Crippen LogP contribution in [0.2, 0.25) is 0 Å². The van der Waals surface area contributed by atoms with Crippen LogP contribution in [0.5, 0.6) is 0 Å². The van der Waals surface area contributed by atoms with Gasteiger partial charge in [-0.25, -0.2) is 19.2 Å². The number of esters is 3. The van der Waals surface area contributed by atoms with Gasteiger partial charge in [0.2, 0.25) is 0 Å². The Morgan fingerprint density at radius 3 is 1.76 bits per heavy atom. The first-order chi connectivity index (χ1) is 20.3. The molecule has 0 amide bonds. The molecule has 0 radical (unpaired) electrons. The van der Waals surface area contributed by atoms with E-state index < -0.39 is 60.3 Å². The lowest BCUT2D eigenvalue weighted by Gasteiger charge is -2.24. The van der Waals surface area contributed by atoms with Gasteiger partial charge in [0.1, 0.15) is 18.4 Å². The van der Waals surface area contributed by atoms with Crippen molar-refractivity contribution in [2.45, 2.75) is 31.5 Å². The zero-order valence-corrected chi connectivity index (χ0v) is 22.2. The van der Waals surface area contributed by atoms with Crippen molar-refractivity contribution in [1.29, 1.82) is 0 Å². The largest absolute Gasteiger partial charge is 0.459 e. The molecule has 1 N–H and O–H groups in total. The summed E-state index contributed by atoms with van der Waals surface area (Å²) in [5.41, 5.74) is -1.08. The average molecular weight is 572 g/mol. The molecule has 0 aliphatic carbocycles. The molecule has 0 spiro atoms. The molecule has 2 heterocycles. The highest BCUT2D eigenvalue weighted by atomic mass is 16.7. The normalized spacial score (nSPS) is 19.5. The van der Waals surface area contributed by atoms with Crippen LogP contribution in [-0.4, -0.2) is 57.6 Å². The molecule has 1 saturated heterocycles. The van der Waals surface area contributed by atoms with Crippen LogP contribution in [0.15, 0.2) is 101 Å². The number of aromatic nitrogens is 3. The topological polar surface area (TPSA) is 156 Å². The van der Waals surface area contributed by atoms with Gasteiger partial charge in [0.15, 0.2) is 18.4 Å². The molecule has 4 atom stereocenters. The van der Waals surface area contributed by atoms with Gasteiger partial charge in [0, 0.05) is 0 Å². The quantitative estimate of drug-likeness (QED) is 0.246. The van der Waals surface area contributed by atoms with Crippen LogP contribution < -0.4 is 11.2 Å². The van der Waals surface area contributed by atoms with Gasteiger partial charge in [-0.15, -0.1) is 0 Å². The van der Waals surface area contributed by atoms with Gasteiger partial charge in [-0.3, -0.25) is 9.78 Å². The summed E-state index contributed by atoms with van der Waals surface area (Å²) in [6, 6.07) is 24.3. The molecule has 214 valence electrons. The maximum atomic E-state index is 13.2. The Labute approximate surface area is 238 Å². The van der Waals surface area contributed by atoms with Crippen molar-refractivity contribution in [3.63, 3.8) is 0 Å². The van der Waals surface area contributed by atoms with E-state index in [-0.39, 0.29) is 22.4 Å². The van der Waals surface area contributed by atoms with Gasteiger partial charge in [-0.05, 0) is 43.3 Å². The number of carbonyl (C=O) groups excluding carboxylic acids is 3. The zero-order chi connectivity index (χ0) is 29.6. The number of nitrogens with one attached hydrogen (secondary N) is 1. The monoisotopic (exact) mass is 571 g/mol. The van der Waals surface area contributed by atoms with E-state index in [1.54, 1.807) is 66.7 Å². The van der Waals surface area contributed by atoms with E-state index in [0.717, 1.165) is 4.68 Å². The molecular weight excluding hydrogens is 546 g/mol. The summed E-state index contributed by atoms with van der Waals surface area (Å²) < 4.78 is 23.9. The Hall–Kier alpha value is -5.36. The van der Waals surface area contributed by atoms with E-state index >= 15 is 0 Å². The maximum Gasteiger partial charge on any atom is 0.347 e. The van der Waals surface area contributed by atoms with Crippen molar-refractivity contribution >= 4 is 17.9 Å². The molecule has 12 nitrogen and oxygen atoms in total. The number of ether oxygens (including phenoxy) is 4. The third kappa shape index (κ3) is 6.18. The number of aromatic amines is 1. The predicted molar refractivity (Wildman–Crippen MR) is 146 cm³/mol. The first kappa shape index (κ1) is 28.2. The Morgan fingerprint density at radius 1 is 0.762 bits per heavy atom. The molecule has 12 heteroatoms. The lowest BCUT2D eigenvalue weighted by molar-refractivity contribution is -0.0701. The Balaban J connectivity index is 1.52. The van der Waals surface area contributed by atoms with Crippen LogP contribution in [0, 0.1) is 6.92 Å². The van der Waals surface area contributed by atoms with Gasteiger partial charge < -0.3 is 18.9 Å². The van der Waals surface area contributed by atoms with Crippen LogP contribution in [0.1, 0.15) is 43.0 Å². The summed E-state index contributed by atoms with van der Waals surface area (Å²) in [5, 5.41) is 4.03. The number of hydrogen-bond donors (Lipinski definition) is 1. The molecule has 1 aliphatic rings. The number of aryl methyl sites for hydroxylation is 1. The fourth-order valence-electron chi connectivity index (χ4n) is 4.32. The van der Waals surface area contributed by atoms with E-state index in [1.807, 2.05) is 0 Å². The predicted octanol–water partition coefficient (Wildman–Crippen LogP) is 2.45. The second-order valence-corrected chi connectivity index (χ2v) is 9.29. The first-order valence-electron chi connectivity index (χ1n) is 12.9. The molecule has 1 aromatic heterocycles. The van der Waals surface area contributed by atoms with E-state index in [4.69, 9.17) is 18.9 Å². The molecule has 0 saturated carbocycles. The van der Waals surface area contributed by atoms with Crippen LogP contribution >= 0.6 is 0 Å². The van der Waals surface area contributed by atoms with Crippen molar-refractivity contribution < 1.29 is 33.3 Å². The van der Waals surface area contributed by atoms with Crippen LogP contribution in [0.4, 0.5) is 0 Å². The minimum Gasteiger partial charge on any atom is -0.459 e. The number of hydrogen-bond acceptors (Lipinski definition) is 10. The van der Waals surface area contributed by atoms with Crippen molar-refractivity contribution in [3.8, 4) is 0 Å². The number of H-pyrrole nitrogens is 1. The number of nitrogens with zero attached hydrogens (tertiary/aromatic N) is 2. The molecule has 1 aliphatic heterocycles. The van der Waals surface area contributed by atoms with Crippen molar-refractivity contribution in [2.75, 3.05) is 6.61 Å². The van der Waals surface area contributed by atoms with Gasteiger partial charge >= 0.3 is 23.6 Å². The number of carbonyl (C=O) groups is 3. The Morgan fingerprint density at radius 2 is 1.24 bits per heavy atom. The summed E-state index contributed by atoms with van der Waals surface area (Å²) in [7, 11) is 0. The standard InChI is InChI=1S/C30H25N3O9/c1-18-25(34)31-30(38)33(32-18)26-24(42-29(37)21-15-9-4-10-16-21)23(41-28(36)20-13-7-3-8-14-20)22(40-26)17-39-27(35)19-11-5-2-6-12-19/h2-16,22-24,26H,17H2,1H3,(H,31,34,38)/t22-,23+,24-,26-/m1/s1. The highest BCUT2D eigenvalue weighted by Gasteiger charge is 2.52. The van der Waals surface area contributed by atoms with Gasteiger partial charge in [-0.1, -0.05) is 54.6 Å². The number of rotatable bonds is 8. The molecule has 0 unspecified atom stereocenters. The van der Waals surface area contributed by atoms with Crippen molar-refractivity contribution in [3.05, 3.63) is 134 Å². The molecule has 3 aromatic carbocycles. The zero-order valence-electron chi connectivity index (χ0n) is 22.2. The molecular formula is C30H25N3O9. The smallest absolute Gasteiger partial charge is 0.347 e. The van der Waals surface area contributed by atoms with Crippen LogP contribution in [-0.2, 0) is 18.9 Å². The van der Waals surface area contributed by atoms with E-state index in [0.29, 0.717) is 0 Å². The summed E-state index contributed by atoms with van der Waals surface area (Å²) in [6.07, 6.45) is -5.47.